The molecule has 1 aromatic heterocycles. The van der Waals surface area contributed by atoms with E-state index in [1.54, 1.807) is 4.90 Å². The van der Waals surface area contributed by atoms with Crippen molar-refractivity contribution in [2.24, 2.45) is 4.40 Å². The Balaban J connectivity index is 1.37. The van der Waals surface area contributed by atoms with Crippen molar-refractivity contribution in [1.29, 1.82) is 0 Å². The Bertz CT molecular complexity index is 1470. The quantitative estimate of drug-likeness (QED) is 0.462. The number of nitrogens with zero attached hydrogens (tertiary/aromatic N) is 2. The standard InChI is InChI=1S/C24H19N3O5S/c28-20(15-32-24(29)17-10-11-21-26-33(30,31)13-12-27(21)14-17)22-18-8-4-5-9-19(18)25-23(22)16-6-2-1-3-7-16/h1-11,14,25H,12-13,15H2. The number of ether oxygens (including phenoxy) is 1. The maximum absolute atomic E-state index is 13.2. The highest BCUT2D eigenvalue weighted by molar-refractivity contribution is 7.90. The van der Waals surface area contributed by atoms with Gasteiger partial charge in [0.15, 0.2) is 6.61 Å². The van der Waals surface area contributed by atoms with Crippen molar-refractivity contribution in [2.75, 3.05) is 18.9 Å². The third kappa shape index (κ3) is 4.10. The van der Waals surface area contributed by atoms with Gasteiger partial charge >= 0.3 is 5.97 Å². The maximum Gasteiger partial charge on any atom is 0.340 e. The lowest BCUT2D eigenvalue weighted by molar-refractivity contribution is -0.137. The number of esters is 1. The molecule has 0 aliphatic carbocycles. The number of para-hydroxylation sites is 1. The van der Waals surface area contributed by atoms with Crippen LogP contribution in [0.1, 0.15) is 10.4 Å². The molecular formula is C24H19N3O5S. The van der Waals surface area contributed by atoms with Gasteiger partial charge in [0.25, 0.3) is 10.0 Å². The number of benzene rings is 2. The molecule has 2 aliphatic rings. The summed E-state index contributed by atoms with van der Waals surface area (Å²) >= 11 is 0. The van der Waals surface area contributed by atoms with Crippen LogP contribution in [0.15, 0.2) is 82.9 Å². The van der Waals surface area contributed by atoms with Crippen molar-refractivity contribution in [2.45, 2.75) is 0 Å². The van der Waals surface area contributed by atoms with Crippen LogP contribution in [-0.2, 0) is 19.6 Å². The Labute approximate surface area is 189 Å². The molecule has 3 heterocycles. The average Bonchev–Trinajstić information content (AvgIpc) is 3.22. The van der Waals surface area contributed by atoms with Crippen molar-refractivity contribution in [3.8, 4) is 11.3 Å². The summed E-state index contributed by atoms with van der Waals surface area (Å²) in [4.78, 5) is 30.6. The lowest BCUT2D eigenvalue weighted by Crippen LogP contribution is -2.37. The van der Waals surface area contributed by atoms with E-state index in [1.165, 1.54) is 18.4 Å². The minimum absolute atomic E-state index is 0.134. The van der Waals surface area contributed by atoms with Crippen LogP contribution < -0.4 is 0 Å². The van der Waals surface area contributed by atoms with Crippen LogP contribution >= 0.6 is 0 Å². The topological polar surface area (TPSA) is 109 Å². The number of Topliss-reactive ketones (excluding diaryl/α,β-unsaturated/α-hetero) is 1. The molecule has 0 saturated heterocycles. The van der Waals surface area contributed by atoms with Gasteiger partial charge in [-0.25, -0.2) is 13.2 Å². The molecule has 8 nitrogen and oxygen atoms in total. The lowest BCUT2D eigenvalue weighted by Gasteiger charge is -2.26. The Kier molecular flexibility index (Phi) is 5.18. The molecule has 0 saturated carbocycles. The molecule has 0 fully saturated rings. The second-order valence-corrected chi connectivity index (χ2v) is 9.39. The minimum atomic E-state index is -3.48. The van der Waals surface area contributed by atoms with Crippen LogP contribution in [0.4, 0.5) is 0 Å². The van der Waals surface area contributed by atoms with Gasteiger partial charge < -0.3 is 14.6 Å². The third-order valence-corrected chi connectivity index (χ3v) is 6.61. The van der Waals surface area contributed by atoms with Crippen LogP contribution in [-0.4, -0.2) is 54.8 Å². The number of rotatable bonds is 5. The molecule has 0 spiro atoms. The van der Waals surface area contributed by atoms with E-state index in [9.17, 15) is 18.0 Å². The fourth-order valence-corrected chi connectivity index (χ4v) is 4.83. The Morgan fingerprint density at radius 3 is 2.61 bits per heavy atom. The summed E-state index contributed by atoms with van der Waals surface area (Å²) < 4.78 is 32.3. The molecule has 3 aromatic rings. The van der Waals surface area contributed by atoms with Gasteiger partial charge in [0.2, 0.25) is 5.78 Å². The van der Waals surface area contributed by atoms with Crippen molar-refractivity contribution < 1.29 is 22.7 Å². The number of hydrogen-bond acceptors (Lipinski definition) is 6. The Morgan fingerprint density at radius 2 is 1.79 bits per heavy atom. The van der Waals surface area contributed by atoms with Gasteiger partial charge in [-0.15, -0.1) is 4.40 Å². The number of nitrogens with one attached hydrogen (secondary N) is 1. The molecule has 0 amide bonds. The highest BCUT2D eigenvalue weighted by Gasteiger charge is 2.26. The molecule has 0 atom stereocenters. The van der Waals surface area contributed by atoms with Gasteiger partial charge in [-0.05, 0) is 23.8 Å². The number of H-pyrrole nitrogens is 1. The summed E-state index contributed by atoms with van der Waals surface area (Å²) in [5.41, 5.74) is 3.02. The number of carbonyl (C=O) groups is 2. The van der Waals surface area contributed by atoms with Crippen LogP contribution in [0.2, 0.25) is 0 Å². The number of carbonyl (C=O) groups excluding carboxylic acids is 2. The van der Waals surface area contributed by atoms with Gasteiger partial charge in [-0.1, -0.05) is 48.5 Å². The van der Waals surface area contributed by atoms with Crippen LogP contribution in [0.25, 0.3) is 22.2 Å². The first-order valence-electron chi connectivity index (χ1n) is 10.3. The second-order valence-electron chi connectivity index (χ2n) is 7.63. The van der Waals surface area contributed by atoms with Gasteiger partial charge in [0.1, 0.15) is 5.84 Å². The largest absolute Gasteiger partial charge is 0.454 e. The molecule has 2 aromatic carbocycles. The predicted molar refractivity (Wildman–Crippen MR) is 124 cm³/mol. The fraction of sp³-hybridized carbons (Fsp3) is 0.125. The number of ketones is 1. The molecule has 0 bridgehead atoms. The molecule has 9 heteroatoms. The van der Waals surface area contributed by atoms with E-state index in [4.69, 9.17) is 4.74 Å². The second kappa shape index (κ2) is 8.18. The first-order chi connectivity index (χ1) is 15.9. The van der Waals surface area contributed by atoms with Crippen molar-refractivity contribution in [1.82, 2.24) is 9.88 Å². The van der Waals surface area contributed by atoms with Crippen LogP contribution in [0.3, 0.4) is 0 Å². The fourth-order valence-electron chi connectivity index (χ4n) is 3.86. The van der Waals surface area contributed by atoms with Crippen LogP contribution in [0.5, 0.6) is 0 Å². The number of aromatic nitrogens is 1. The summed E-state index contributed by atoms with van der Waals surface area (Å²) in [5, 5.41) is 0.754. The molecule has 166 valence electrons. The summed E-state index contributed by atoms with van der Waals surface area (Å²) in [6.45, 7) is -0.238. The van der Waals surface area contributed by atoms with E-state index in [-0.39, 0.29) is 29.5 Å². The molecule has 1 N–H and O–H groups in total. The Morgan fingerprint density at radius 1 is 1.03 bits per heavy atom. The number of hydrogen-bond donors (Lipinski definition) is 1. The normalized spacial score (nSPS) is 16.7. The number of amidine groups is 1. The highest BCUT2D eigenvalue weighted by atomic mass is 32.2. The molecule has 2 aliphatic heterocycles. The zero-order valence-corrected chi connectivity index (χ0v) is 18.2. The van der Waals surface area contributed by atoms with E-state index < -0.39 is 22.6 Å². The van der Waals surface area contributed by atoms with E-state index in [0.717, 1.165) is 16.5 Å². The highest BCUT2D eigenvalue weighted by Crippen LogP contribution is 2.30. The third-order valence-electron chi connectivity index (χ3n) is 5.44. The number of fused-ring (bicyclic) bond motifs is 2. The van der Waals surface area contributed by atoms with E-state index >= 15 is 0 Å². The predicted octanol–water partition coefficient (Wildman–Crippen LogP) is 3.06. The van der Waals surface area contributed by atoms with Gasteiger partial charge in [0, 0.05) is 23.6 Å². The Hall–Kier alpha value is -3.98. The van der Waals surface area contributed by atoms with Crippen molar-refractivity contribution >= 4 is 38.5 Å². The molecule has 5 rings (SSSR count). The summed E-state index contributed by atoms with van der Waals surface area (Å²) in [7, 11) is -3.48. The molecule has 33 heavy (non-hydrogen) atoms. The van der Waals surface area contributed by atoms with E-state index in [2.05, 4.69) is 9.38 Å². The average molecular weight is 461 g/mol. The monoisotopic (exact) mass is 461 g/mol. The summed E-state index contributed by atoms with van der Waals surface area (Å²) in [6.07, 6.45) is 4.37. The molecule has 0 unspecified atom stereocenters. The maximum atomic E-state index is 13.2. The van der Waals surface area contributed by atoms with Gasteiger partial charge in [-0.2, -0.15) is 0 Å². The first kappa shape index (κ1) is 20.9. The van der Waals surface area contributed by atoms with E-state index in [1.807, 2.05) is 54.6 Å². The first-order valence-corrected chi connectivity index (χ1v) is 11.9. The zero-order chi connectivity index (χ0) is 23.0. The molecular weight excluding hydrogens is 442 g/mol. The minimum Gasteiger partial charge on any atom is -0.454 e. The van der Waals surface area contributed by atoms with Gasteiger partial charge in [0.05, 0.1) is 22.6 Å². The summed E-state index contributed by atoms with van der Waals surface area (Å²) in [5.74, 6) is -0.885. The zero-order valence-electron chi connectivity index (χ0n) is 17.4. The van der Waals surface area contributed by atoms with Gasteiger partial charge in [-0.3, -0.25) is 4.79 Å². The SMILES string of the molecule is O=C(OCC(=O)c1c(-c2ccccc2)[nH]c2ccccc12)C1=CN2CCS(=O)(=O)N=C2C=C1. The lowest BCUT2D eigenvalue weighted by atomic mass is 10.0. The van der Waals surface area contributed by atoms with E-state index in [0.29, 0.717) is 11.3 Å². The summed E-state index contributed by atoms with van der Waals surface area (Å²) in [6, 6.07) is 17.0. The van der Waals surface area contributed by atoms with Crippen molar-refractivity contribution in [3.63, 3.8) is 0 Å². The van der Waals surface area contributed by atoms with Crippen LogP contribution in [0, 0.1) is 0 Å². The number of sulfonamides is 1. The van der Waals surface area contributed by atoms with Crippen molar-refractivity contribution in [3.05, 3.63) is 84.1 Å². The molecule has 0 radical (unpaired) electrons. The number of aromatic amines is 1. The smallest absolute Gasteiger partial charge is 0.340 e.